The van der Waals surface area contributed by atoms with Crippen molar-refractivity contribution in [1.29, 1.82) is 0 Å². The average molecular weight is 241 g/mol. The van der Waals surface area contributed by atoms with Gasteiger partial charge in [0, 0.05) is 11.0 Å². The van der Waals surface area contributed by atoms with Gasteiger partial charge in [-0.2, -0.15) is 13.2 Å². The highest BCUT2D eigenvalue weighted by Crippen LogP contribution is 2.64. The van der Waals surface area contributed by atoms with Crippen LogP contribution in [0.4, 0.5) is 13.2 Å². The first-order valence-electron chi connectivity index (χ1n) is 5.85. The van der Waals surface area contributed by atoms with Crippen LogP contribution in [0.25, 0.3) is 0 Å². The van der Waals surface area contributed by atoms with Gasteiger partial charge in [0.05, 0.1) is 5.56 Å². The van der Waals surface area contributed by atoms with Crippen LogP contribution in [-0.2, 0) is 11.6 Å². The van der Waals surface area contributed by atoms with E-state index in [1.807, 2.05) is 0 Å². The first kappa shape index (κ1) is 11.1. The van der Waals surface area contributed by atoms with Crippen molar-refractivity contribution in [1.82, 2.24) is 0 Å². The highest BCUT2D eigenvalue weighted by Gasteiger charge is 2.65. The Morgan fingerprint density at radius 2 is 1.59 bits per heavy atom. The van der Waals surface area contributed by atoms with E-state index in [-0.39, 0.29) is 5.54 Å². The van der Waals surface area contributed by atoms with Crippen LogP contribution >= 0.6 is 0 Å². The number of benzene rings is 1. The summed E-state index contributed by atoms with van der Waals surface area (Å²) >= 11 is 0. The largest absolute Gasteiger partial charge is 0.416 e. The van der Waals surface area contributed by atoms with Crippen LogP contribution in [0.5, 0.6) is 0 Å². The van der Waals surface area contributed by atoms with Gasteiger partial charge in [0.2, 0.25) is 0 Å². The van der Waals surface area contributed by atoms with Crippen molar-refractivity contribution in [3.63, 3.8) is 0 Å². The minimum atomic E-state index is -4.28. The molecule has 2 aliphatic carbocycles. The maximum Gasteiger partial charge on any atom is 0.416 e. The molecule has 0 atom stereocenters. The predicted molar refractivity (Wildman–Crippen MR) is 58.5 cm³/mol. The highest BCUT2D eigenvalue weighted by molar-refractivity contribution is 5.46. The van der Waals surface area contributed by atoms with Gasteiger partial charge in [0.1, 0.15) is 0 Å². The summed E-state index contributed by atoms with van der Waals surface area (Å²) < 4.78 is 38.9. The maximum atomic E-state index is 13.0. The van der Waals surface area contributed by atoms with E-state index in [9.17, 15) is 13.2 Å². The number of halogens is 3. The number of hydrogen-bond acceptors (Lipinski definition) is 1. The van der Waals surface area contributed by atoms with Crippen LogP contribution in [0.1, 0.15) is 36.8 Å². The second-order valence-electron chi connectivity index (χ2n) is 5.28. The molecule has 1 nitrogen and oxygen atoms in total. The molecule has 1 aromatic rings. The SMILES string of the molecule is NC1(C2(c3ccccc3C(F)(F)F)CC2)CC1. The first-order chi connectivity index (χ1) is 7.89. The summed E-state index contributed by atoms with van der Waals surface area (Å²) in [6.45, 7) is 0. The third kappa shape index (κ3) is 1.50. The monoisotopic (exact) mass is 241 g/mol. The van der Waals surface area contributed by atoms with E-state index in [0.717, 1.165) is 25.7 Å². The fourth-order valence-corrected chi connectivity index (χ4v) is 2.92. The van der Waals surface area contributed by atoms with Gasteiger partial charge in [-0.25, -0.2) is 0 Å². The summed E-state index contributed by atoms with van der Waals surface area (Å²) in [5.41, 5.74) is 5.28. The minimum Gasteiger partial charge on any atom is -0.324 e. The predicted octanol–water partition coefficient (Wildman–Crippen LogP) is 3.23. The fraction of sp³-hybridized carbons (Fsp3) is 0.538. The number of rotatable bonds is 2. The fourth-order valence-electron chi connectivity index (χ4n) is 2.92. The molecule has 0 aromatic heterocycles. The molecule has 0 heterocycles. The third-order valence-electron chi connectivity index (χ3n) is 4.24. The summed E-state index contributed by atoms with van der Waals surface area (Å²) in [6.07, 6.45) is -1.01. The summed E-state index contributed by atoms with van der Waals surface area (Å²) in [5, 5.41) is 0. The highest BCUT2D eigenvalue weighted by atomic mass is 19.4. The Balaban J connectivity index is 2.10. The Kier molecular flexibility index (Phi) is 1.99. The Bertz CT molecular complexity index is 456. The van der Waals surface area contributed by atoms with Crippen molar-refractivity contribution in [2.75, 3.05) is 0 Å². The lowest BCUT2D eigenvalue weighted by Gasteiger charge is -2.26. The topological polar surface area (TPSA) is 26.0 Å². The lowest BCUT2D eigenvalue weighted by molar-refractivity contribution is -0.138. The Hall–Kier alpha value is -1.03. The van der Waals surface area contributed by atoms with Crippen LogP contribution in [0.15, 0.2) is 24.3 Å². The summed E-state index contributed by atoms with van der Waals surface area (Å²) in [4.78, 5) is 0. The van der Waals surface area contributed by atoms with E-state index < -0.39 is 17.2 Å². The molecule has 2 fully saturated rings. The standard InChI is InChI=1S/C13H14F3N/c14-13(15,16)10-4-2-1-3-9(10)11(5-6-11)12(17)7-8-12/h1-4H,5-8,17H2. The van der Waals surface area contributed by atoms with E-state index in [1.165, 1.54) is 12.1 Å². The first-order valence-corrected chi connectivity index (χ1v) is 5.85. The van der Waals surface area contributed by atoms with Crippen molar-refractivity contribution in [3.05, 3.63) is 35.4 Å². The Morgan fingerprint density at radius 3 is 2.06 bits per heavy atom. The zero-order valence-electron chi connectivity index (χ0n) is 9.35. The van der Waals surface area contributed by atoms with E-state index in [4.69, 9.17) is 5.73 Å². The molecule has 2 aliphatic rings. The second kappa shape index (κ2) is 3.05. The lowest BCUT2D eigenvalue weighted by atomic mass is 9.83. The summed E-state index contributed by atoms with van der Waals surface area (Å²) in [6, 6.07) is 5.89. The molecule has 2 saturated carbocycles. The molecule has 3 rings (SSSR count). The molecule has 0 aliphatic heterocycles. The van der Waals surface area contributed by atoms with E-state index in [0.29, 0.717) is 5.56 Å². The van der Waals surface area contributed by atoms with Gasteiger partial charge >= 0.3 is 6.18 Å². The van der Waals surface area contributed by atoms with Gasteiger partial charge < -0.3 is 5.73 Å². The van der Waals surface area contributed by atoms with E-state index >= 15 is 0 Å². The molecule has 92 valence electrons. The molecule has 2 N–H and O–H groups in total. The molecule has 0 unspecified atom stereocenters. The molecule has 0 spiro atoms. The van der Waals surface area contributed by atoms with E-state index in [2.05, 4.69) is 0 Å². The van der Waals surface area contributed by atoms with Crippen LogP contribution in [0.3, 0.4) is 0 Å². The van der Waals surface area contributed by atoms with Gasteiger partial charge in [-0.3, -0.25) is 0 Å². The number of alkyl halides is 3. The molecule has 4 heteroatoms. The molecule has 0 saturated heterocycles. The van der Waals surface area contributed by atoms with Crippen LogP contribution in [0, 0.1) is 0 Å². The van der Waals surface area contributed by atoms with Gasteiger partial charge in [-0.1, -0.05) is 18.2 Å². The van der Waals surface area contributed by atoms with Gasteiger partial charge in [0.25, 0.3) is 0 Å². The lowest BCUT2D eigenvalue weighted by Crippen LogP contribution is -2.38. The maximum absolute atomic E-state index is 13.0. The molecule has 0 bridgehead atoms. The van der Waals surface area contributed by atoms with Crippen molar-refractivity contribution >= 4 is 0 Å². The van der Waals surface area contributed by atoms with Crippen molar-refractivity contribution in [3.8, 4) is 0 Å². The van der Waals surface area contributed by atoms with Crippen molar-refractivity contribution in [2.24, 2.45) is 5.73 Å². The van der Waals surface area contributed by atoms with Gasteiger partial charge in [-0.05, 0) is 37.3 Å². The molecule has 1 aromatic carbocycles. The van der Waals surface area contributed by atoms with Gasteiger partial charge in [0.15, 0.2) is 0 Å². The molecule has 17 heavy (non-hydrogen) atoms. The quantitative estimate of drug-likeness (QED) is 0.845. The average Bonchev–Trinajstić information content (AvgIpc) is 3.12. The Morgan fingerprint density at radius 1 is 1.00 bits per heavy atom. The zero-order valence-corrected chi connectivity index (χ0v) is 9.35. The number of hydrogen-bond donors (Lipinski definition) is 1. The molecule has 0 radical (unpaired) electrons. The third-order valence-corrected chi connectivity index (χ3v) is 4.24. The molecule has 0 amide bonds. The van der Waals surface area contributed by atoms with Crippen LogP contribution < -0.4 is 5.73 Å². The normalized spacial score (nSPS) is 24.5. The molecular formula is C13H14F3N. The number of nitrogens with two attached hydrogens (primary N) is 1. The van der Waals surface area contributed by atoms with Gasteiger partial charge in [-0.15, -0.1) is 0 Å². The van der Waals surface area contributed by atoms with Crippen LogP contribution in [-0.4, -0.2) is 5.54 Å². The van der Waals surface area contributed by atoms with Crippen LogP contribution in [0.2, 0.25) is 0 Å². The van der Waals surface area contributed by atoms with E-state index in [1.54, 1.807) is 12.1 Å². The summed E-state index contributed by atoms with van der Waals surface area (Å²) in [5.74, 6) is 0. The smallest absolute Gasteiger partial charge is 0.324 e. The van der Waals surface area contributed by atoms with Crippen molar-refractivity contribution < 1.29 is 13.2 Å². The molecular weight excluding hydrogens is 227 g/mol. The van der Waals surface area contributed by atoms with Crippen molar-refractivity contribution in [2.45, 2.75) is 42.8 Å². The zero-order chi connectivity index (χ0) is 12.3. The minimum absolute atomic E-state index is 0.381. The second-order valence-corrected chi connectivity index (χ2v) is 5.28. The summed E-state index contributed by atoms with van der Waals surface area (Å²) in [7, 11) is 0. The Labute approximate surface area is 97.8 Å².